The maximum absolute atomic E-state index is 3.76. The minimum atomic E-state index is 1.19. The topological polar surface area (TPSA) is 0 Å². The number of rotatable bonds is 2. The van der Waals surface area contributed by atoms with Crippen molar-refractivity contribution in [2.45, 2.75) is 13.8 Å². The molecule has 14 heavy (non-hydrogen) atoms. The lowest BCUT2D eigenvalue weighted by molar-refractivity contribution is 1.45. The molecular weight excluding hydrogens is 168 g/mol. The summed E-state index contributed by atoms with van der Waals surface area (Å²) < 4.78 is 0. The smallest absolute Gasteiger partial charge is 0.0187 e. The SMILES string of the molecule is C=C.C=C/C(=C\C)c1ccc(C)cc1. The van der Waals surface area contributed by atoms with Crippen molar-refractivity contribution in [3.05, 3.63) is 67.3 Å². The Hall–Kier alpha value is -1.56. The first-order valence-corrected chi connectivity index (χ1v) is 4.63. The van der Waals surface area contributed by atoms with Crippen LogP contribution in [0, 0.1) is 6.92 Å². The summed E-state index contributed by atoms with van der Waals surface area (Å²) in [5.74, 6) is 0. The molecule has 0 spiro atoms. The van der Waals surface area contributed by atoms with Gasteiger partial charge in [0, 0.05) is 0 Å². The van der Waals surface area contributed by atoms with Gasteiger partial charge in [-0.3, -0.25) is 0 Å². The number of aryl methyl sites for hydroxylation is 1. The molecule has 0 saturated heterocycles. The van der Waals surface area contributed by atoms with E-state index in [9.17, 15) is 0 Å². The van der Waals surface area contributed by atoms with Gasteiger partial charge in [0.25, 0.3) is 0 Å². The van der Waals surface area contributed by atoms with E-state index in [4.69, 9.17) is 0 Å². The van der Waals surface area contributed by atoms with E-state index in [1.807, 2.05) is 13.0 Å². The quantitative estimate of drug-likeness (QED) is 0.475. The second-order valence-electron chi connectivity index (χ2n) is 2.81. The zero-order valence-corrected chi connectivity index (χ0v) is 9.09. The van der Waals surface area contributed by atoms with E-state index >= 15 is 0 Å². The van der Waals surface area contributed by atoms with E-state index < -0.39 is 0 Å². The van der Waals surface area contributed by atoms with Gasteiger partial charge in [-0.1, -0.05) is 48.6 Å². The Balaban J connectivity index is 0.000000791. The normalized spacial score (nSPS) is 10.0. The van der Waals surface area contributed by atoms with Crippen LogP contribution in [0.3, 0.4) is 0 Å². The van der Waals surface area contributed by atoms with Crippen molar-refractivity contribution >= 4 is 5.57 Å². The van der Waals surface area contributed by atoms with Gasteiger partial charge in [0.15, 0.2) is 0 Å². The van der Waals surface area contributed by atoms with E-state index in [-0.39, 0.29) is 0 Å². The molecular formula is C14H18. The van der Waals surface area contributed by atoms with Crippen LogP contribution in [0.25, 0.3) is 5.57 Å². The zero-order chi connectivity index (χ0) is 11.0. The van der Waals surface area contributed by atoms with E-state index in [2.05, 4.69) is 57.0 Å². The highest BCUT2D eigenvalue weighted by Crippen LogP contribution is 2.15. The van der Waals surface area contributed by atoms with Gasteiger partial charge >= 0.3 is 0 Å². The zero-order valence-electron chi connectivity index (χ0n) is 9.09. The van der Waals surface area contributed by atoms with E-state index in [1.54, 1.807) is 0 Å². The Bertz CT molecular complexity index is 301. The van der Waals surface area contributed by atoms with Gasteiger partial charge in [-0.25, -0.2) is 0 Å². The van der Waals surface area contributed by atoms with Crippen LogP contribution in [0.15, 0.2) is 56.2 Å². The molecule has 0 saturated carbocycles. The van der Waals surface area contributed by atoms with Crippen molar-refractivity contribution in [1.29, 1.82) is 0 Å². The number of benzene rings is 1. The summed E-state index contributed by atoms with van der Waals surface area (Å²) in [7, 11) is 0. The third-order valence-electron chi connectivity index (χ3n) is 1.92. The molecule has 0 aromatic heterocycles. The Kier molecular flexibility index (Phi) is 6.13. The van der Waals surface area contributed by atoms with Crippen LogP contribution in [0.2, 0.25) is 0 Å². The summed E-state index contributed by atoms with van der Waals surface area (Å²) in [5.41, 5.74) is 3.71. The highest BCUT2D eigenvalue weighted by Gasteiger charge is 1.93. The van der Waals surface area contributed by atoms with Crippen LogP contribution in [0.4, 0.5) is 0 Å². The van der Waals surface area contributed by atoms with Gasteiger partial charge in [0.2, 0.25) is 0 Å². The third kappa shape index (κ3) is 3.44. The lowest BCUT2D eigenvalue weighted by Crippen LogP contribution is -1.79. The molecule has 1 aromatic rings. The van der Waals surface area contributed by atoms with Crippen LogP contribution in [0.5, 0.6) is 0 Å². The summed E-state index contributed by atoms with van der Waals surface area (Å²) >= 11 is 0. The predicted molar refractivity (Wildman–Crippen MR) is 66.3 cm³/mol. The van der Waals surface area contributed by atoms with Crippen molar-refractivity contribution in [3.63, 3.8) is 0 Å². The molecule has 0 aliphatic carbocycles. The molecule has 74 valence electrons. The Morgan fingerprint density at radius 2 is 1.64 bits per heavy atom. The molecule has 1 aromatic carbocycles. The van der Waals surface area contributed by atoms with Crippen molar-refractivity contribution in [2.75, 3.05) is 0 Å². The fourth-order valence-corrected chi connectivity index (χ4v) is 1.15. The number of hydrogen-bond acceptors (Lipinski definition) is 0. The first kappa shape index (κ1) is 12.4. The molecule has 0 bridgehead atoms. The molecule has 0 radical (unpaired) electrons. The fourth-order valence-electron chi connectivity index (χ4n) is 1.15. The van der Waals surface area contributed by atoms with Crippen LogP contribution in [-0.4, -0.2) is 0 Å². The van der Waals surface area contributed by atoms with Crippen molar-refractivity contribution in [2.24, 2.45) is 0 Å². The fraction of sp³-hybridized carbons (Fsp3) is 0.143. The summed E-state index contributed by atoms with van der Waals surface area (Å²) in [6.07, 6.45) is 3.95. The number of allylic oxidation sites excluding steroid dienone is 3. The maximum Gasteiger partial charge on any atom is -0.0187 e. The van der Waals surface area contributed by atoms with Gasteiger partial charge < -0.3 is 0 Å². The van der Waals surface area contributed by atoms with Crippen LogP contribution in [-0.2, 0) is 0 Å². The van der Waals surface area contributed by atoms with Gasteiger partial charge in [-0.05, 0) is 25.0 Å². The molecule has 0 amide bonds. The lowest BCUT2D eigenvalue weighted by Gasteiger charge is -2.01. The lowest BCUT2D eigenvalue weighted by atomic mass is 10.0. The van der Waals surface area contributed by atoms with Gasteiger partial charge in [-0.15, -0.1) is 13.2 Å². The molecule has 0 unspecified atom stereocenters. The summed E-state index contributed by atoms with van der Waals surface area (Å²) in [6.45, 7) is 13.9. The molecule has 0 heteroatoms. The van der Waals surface area contributed by atoms with E-state index in [0.29, 0.717) is 0 Å². The first-order valence-electron chi connectivity index (χ1n) is 4.63. The van der Waals surface area contributed by atoms with Crippen molar-refractivity contribution in [3.8, 4) is 0 Å². The van der Waals surface area contributed by atoms with Gasteiger partial charge in [0.1, 0.15) is 0 Å². The highest BCUT2D eigenvalue weighted by atomic mass is 14.0. The van der Waals surface area contributed by atoms with Crippen molar-refractivity contribution < 1.29 is 0 Å². The van der Waals surface area contributed by atoms with Crippen LogP contribution >= 0.6 is 0 Å². The van der Waals surface area contributed by atoms with Crippen LogP contribution in [0.1, 0.15) is 18.1 Å². The molecule has 0 nitrogen and oxygen atoms in total. The second-order valence-corrected chi connectivity index (χ2v) is 2.81. The Labute approximate surface area is 87.3 Å². The summed E-state index contributed by atoms with van der Waals surface area (Å²) in [5, 5.41) is 0. The van der Waals surface area contributed by atoms with Gasteiger partial charge in [-0.2, -0.15) is 0 Å². The molecule has 0 atom stereocenters. The number of hydrogen-bond donors (Lipinski definition) is 0. The summed E-state index contributed by atoms with van der Waals surface area (Å²) in [4.78, 5) is 0. The Morgan fingerprint density at radius 3 is 2.00 bits per heavy atom. The maximum atomic E-state index is 3.76. The Morgan fingerprint density at radius 1 is 1.14 bits per heavy atom. The highest BCUT2D eigenvalue weighted by molar-refractivity contribution is 5.73. The minimum absolute atomic E-state index is 1.19. The molecule has 0 fully saturated rings. The monoisotopic (exact) mass is 186 g/mol. The molecule has 0 aliphatic rings. The summed E-state index contributed by atoms with van der Waals surface area (Å²) in [6, 6.07) is 8.46. The molecule has 1 rings (SSSR count). The predicted octanol–water partition coefficient (Wildman–Crippen LogP) is 4.39. The standard InChI is InChI=1S/C12H14.C2H4/c1-4-11(5-2)12-8-6-10(3)7-9-12;1-2/h4-9H,1H2,2-3H3;1-2H2/b11-5+;. The average molecular weight is 186 g/mol. The van der Waals surface area contributed by atoms with E-state index in [1.165, 1.54) is 16.7 Å². The van der Waals surface area contributed by atoms with E-state index in [0.717, 1.165) is 0 Å². The molecule has 0 heterocycles. The first-order chi connectivity index (χ1) is 6.77. The minimum Gasteiger partial charge on any atom is -0.106 e. The third-order valence-corrected chi connectivity index (χ3v) is 1.92. The van der Waals surface area contributed by atoms with Crippen molar-refractivity contribution in [1.82, 2.24) is 0 Å². The van der Waals surface area contributed by atoms with Gasteiger partial charge in [0.05, 0.1) is 0 Å². The molecule has 0 aliphatic heterocycles. The largest absolute Gasteiger partial charge is 0.106 e. The second kappa shape index (κ2) is 6.90. The average Bonchev–Trinajstić information content (AvgIpc) is 2.25. The van der Waals surface area contributed by atoms with Crippen LogP contribution < -0.4 is 0 Å². The molecule has 0 N–H and O–H groups in total.